The van der Waals surface area contributed by atoms with Gasteiger partial charge in [-0.15, -0.1) is 0 Å². The van der Waals surface area contributed by atoms with Gasteiger partial charge in [0.25, 0.3) is 0 Å². The molecule has 0 saturated carbocycles. The smallest absolute Gasteiger partial charge is 0.227 e. The van der Waals surface area contributed by atoms with E-state index < -0.39 is 0 Å². The predicted molar refractivity (Wildman–Crippen MR) is 72.1 cm³/mol. The summed E-state index contributed by atoms with van der Waals surface area (Å²) in [5, 5.41) is 0. The first-order valence-corrected chi connectivity index (χ1v) is 6.45. The average molecular weight is 264 g/mol. The highest BCUT2D eigenvalue weighted by molar-refractivity contribution is 5.79. The molecule has 1 atom stereocenters. The van der Waals surface area contributed by atoms with Crippen molar-refractivity contribution in [2.24, 2.45) is 5.73 Å². The molecule has 0 aromatic heterocycles. The van der Waals surface area contributed by atoms with Crippen molar-refractivity contribution in [1.29, 1.82) is 0 Å². The van der Waals surface area contributed by atoms with Gasteiger partial charge in [-0.05, 0) is 17.7 Å². The third-order valence-electron chi connectivity index (χ3n) is 3.24. The van der Waals surface area contributed by atoms with E-state index in [1.54, 1.807) is 7.11 Å². The monoisotopic (exact) mass is 264 g/mol. The predicted octanol–water partition coefficient (Wildman–Crippen LogP) is 0.424. The minimum absolute atomic E-state index is 0.0389. The van der Waals surface area contributed by atoms with E-state index >= 15 is 0 Å². The van der Waals surface area contributed by atoms with E-state index in [0.29, 0.717) is 32.7 Å². The zero-order chi connectivity index (χ0) is 13.7. The molecule has 19 heavy (non-hydrogen) atoms. The first-order valence-electron chi connectivity index (χ1n) is 6.45. The Hall–Kier alpha value is -1.59. The van der Waals surface area contributed by atoms with Crippen LogP contribution in [0.5, 0.6) is 5.75 Å². The van der Waals surface area contributed by atoms with Gasteiger partial charge in [-0.25, -0.2) is 0 Å². The van der Waals surface area contributed by atoms with Gasteiger partial charge >= 0.3 is 0 Å². The minimum atomic E-state index is -0.0389. The summed E-state index contributed by atoms with van der Waals surface area (Å²) in [6, 6.07) is 7.58. The van der Waals surface area contributed by atoms with Gasteiger partial charge in [0, 0.05) is 19.6 Å². The zero-order valence-electron chi connectivity index (χ0n) is 11.2. The van der Waals surface area contributed by atoms with Gasteiger partial charge in [0.15, 0.2) is 0 Å². The molecule has 0 aliphatic carbocycles. The topological polar surface area (TPSA) is 64.8 Å². The van der Waals surface area contributed by atoms with Gasteiger partial charge in [-0.1, -0.05) is 12.1 Å². The molecule has 1 aliphatic heterocycles. The highest BCUT2D eigenvalue weighted by Gasteiger charge is 2.23. The lowest BCUT2D eigenvalue weighted by Gasteiger charge is -2.32. The number of amides is 1. The van der Waals surface area contributed by atoms with Crippen LogP contribution in [0.4, 0.5) is 0 Å². The van der Waals surface area contributed by atoms with Crippen LogP contribution < -0.4 is 10.5 Å². The molecule has 5 heteroatoms. The summed E-state index contributed by atoms with van der Waals surface area (Å²) < 4.78 is 10.6. The minimum Gasteiger partial charge on any atom is -0.497 e. The van der Waals surface area contributed by atoms with Crippen LogP contribution in [0, 0.1) is 0 Å². The molecular weight excluding hydrogens is 244 g/mol. The van der Waals surface area contributed by atoms with E-state index in [0.717, 1.165) is 11.3 Å². The van der Waals surface area contributed by atoms with Gasteiger partial charge < -0.3 is 20.1 Å². The number of carbonyl (C=O) groups excluding carboxylic acids is 1. The highest BCUT2D eigenvalue weighted by atomic mass is 16.5. The molecule has 1 aliphatic rings. The Morgan fingerprint density at radius 2 is 2.42 bits per heavy atom. The molecule has 0 unspecified atom stereocenters. The summed E-state index contributed by atoms with van der Waals surface area (Å²) in [5.74, 6) is 0.877. The second kappa shape index (κ2) is 6.54. The van der Waals surface area contributed by atoms with E-state index in [1.165, 1.54) is 0 Å². The van der Waals surface area contributed by atoms with Crippen molar-refractivity contribution in [3.05, 3.63) is 29.8 Å². The van der Waals surface area contributed by atoms with Gasteiger partial charge in [-0.2, -0.15) is 0 Å². The molecule has 1 saturated heterocycles. The summed E-state index contributed by atoms with van der Waals surface area (Å²) in [6.45, 7) is 2.23. The molecule has 1 aromatic rings. The number of nitrogens with two attached hydrogens (primary N) is 1. The van der Waals surface area contributed by atoms with Crippen LogP contribution in [-0.2, 0) is 16.0 Å². The Kier molecular flexibility index (Phi) is 4.76. The fourth-order valence-corrected chi connectivity index (χ4v) is 2.16. The molecule has 1 aromatic carbocycles. The number of ether oxygens (including phenoxy) is 2. The normalized spacial score (nSPS) is 19.3. The first-order chi connectivity index (χ1) is 9.22. The average Bonchev–Trinajstić information content (AvgIpc) is 2.47. The molecule has 1 fully saturated rings. The Labute approximate surface area is 113 Å². The Bertz CT molecular complexity index is 436. The highest BCUT2D eigenvalue weighted by Crippen LogP contribution is 2.14. The number of hydrogen-bond acceptors (Lipinski definition) is 4. The number of hydrogen-bond donors (Lipinski definition) is 1. The van der Waals surface area contributed by atoms with E-state index in [-0.39, 0.29) is 12.0 Å². The maximum atomic E-state index is 12.2. The van der Waals surface area contributed by atoms with Crippen molar-refractivity contribution in [3.63, 3.8) is 0 Å². The number of methoxy groups -OCH3 is 1. The van der Waals surface area contributed by atoms with Gasteiger partial charge in [-0.3, -0.25) is 4.79 Å². The van der Waals surface area contributed by atoms with Gasteiger partial charge in [0.05, 0.1) is 26.2 Å². The molecule has 2 N–H and O–H groups in total. The molecule has 1 amide bonds. The van der Waals surface area contributed by atoms with E-state index in [9.17, 15) is 4.79 Å². The largest absolute Gasteiger partial charge is 0.497 e. The zero-order valence-corrected chi connectivity index (χ0v) is 11.2. The summed E-state index contributed by atoms with van der Waals surface area (Å²) in [6.07, 6.45) is 0.345. The van der Waals surface area contributed by atoms with Crippen LogP contribution >= 0.6 is 0 Å². The van der Waals surface area contributed by atoms with Crippen LogP contribution in [0.15, 0.2) is 24.3 Å². The number of nitrogens with zero attached hydrogens (tertiary/aromatic N) is 1. The lowest BCUT2D eigenvalue weighted by Crippen LogP contribution is -2.48. The van der Waals surface area contributed by atoms with Crippen molar-refractivity contribution in [2.75, 3.05) is 33.4 Å². The Morgan fingerprint density at radius 3 is 3.16 bits per heavy atom. The first kappa shape index (κ1) is 13.8. The van der Waals surface area contributed by atoms with Crippen LogP contribution in [0.25, 0.3) is 0 Å². The quantitative estimate of drug-likeness (QED) is 0.856. The van der Waals surface area contributed by atoms with Crippen molar-refractivity contribution < 1.29 is 14.3 Å². The molecular formula is C14H20N2O3. The standard InChI is InChI=1S/C14H20N2O3/c1-18-12-4-2-3-11(7-12)8-14(17)16-5-6-19-13(9-15)10-16/h2-4,7,13H,5-6,8-10,15H2,1H3/t13-/m0/s1. The van der Waals surface area contributed by atoms with Crippen LogP contribution in [0.2, 0.25) is 0 Å². The molecule has 5 nitrogen and oxygen atoms in total. The summed E-state index contributed by atoms with van der Waals surface area (Å²) in [7, 11) is 1.62. The maximum Gasteiger partial charge on any atom is 0.227 e. The lowest BCUT2D eigenvalue weighted by atomic mass is 10.1. The van der Waals surface area contributed by atoms with Gasteiger partial charge in [0.2, 0.25) is 5.91 Å². The molecule has 104 valence electrons. The van der Waals surface area contributed by atoms with E-state index in [1.807, 2.05) is 29.2 Å². The third-order valence-corrected chi connectivity index (χ3v) is 3.24. The van der Waals surface area contributed by atoms with Crippen LogP contribution in [-0.4, -0.2) is 50.3 Å². The molecule has 0 spiro atoms. The second-order valence-electron chi connectivity index (χ2n) is 4.60. The van der Waals surface area contributed by atoms with Crippen molar-refractivity contribution in [3.8, 4) is 5.75 Å². The summed E-state index contributed by atoms with van der Waals surface area (Å²) in [5.41, 5.74) is 6.54. The van der Waals surface area contributed by atoms with Crippen LogP contribution in [0.1, 0.15) is 5.56 Å². The third kappa shape index (κ3) is 3.68. The SMILES string of the molecule is COc1cccc(CC(=O)N2CCO[C@@H](CN)C2)c1. The second-order valence-corrected chi connectivity index (χ2v) is 4.60. The summed E-state index contributed by atoms with van der Waals surface area (Å²) in [4.78, 5) is 14.0. The summed E-state index contributed by atoms with van der Waals surface area (Å²) >= 11 is 0. The fourth-order valence-electron chi connectivity index (χ4n) is 2.16. The van der Waals surface area contributed by atoms with Crippen molar-refractivity contribution in [2.45, 2.75) is 12.5 Å². The van der Waals surface area contributed by atoms with Crippen molar-refractivity contribution in [1.82, 2.24) is 4.90 Å². The number of carbonyl (C=O) groups is 1. The number of morpholine rings is 1. The fraction of sp³-hybridized carbons (Fsp3) is 0.500. The van der Waals surface area contributed by atoms with Crippen molar-refractivity contribution >= 4 is 5.91 Å². The molecule has 0 radical (unpaired) electrons. The van der Waals surface area contributed by atoms with Gasteiger partial charge in [0.1, 0.15) is 5.75 Å². The molecule has 2 rings (SSSR count). The van der Waals surface area contributed by atoms with E-state index in [4.69, 9.17) is 15.2 Å². The Morgan fingerprint density at radius 1 is 1.58 bits per heavy atom. The maximum absolute atomic E-state index is 12.2. The lowest BCUT2D eigenvalue weighted by molar-refractivity contribution is -0.137. The Balaban J connectivity index is 1.96. The number of benzene rings is 1. The van der Waals surface area contributed by atoms with E-state index in [2.05, 4.69) is 0 Å². The molecule has 0 bridgehead atoms. The molecule has 1 heterocycles. The number of rotatable bonds is 4. The van der Waals surface area contributed by atoms with Crippen LogP contribution in [0.3, 0.4) is 0 Å².